The van der Waals surface area contributed by atoms with Gasteiger partial charge in [-0.3, -0.25) is 14.7 Å². The SMILES string of the molecule is CC(=O)NCCNC(=O)c1n[nH]c2ccccc12. The lowest BCUT2D eigenvalue weighted by atomic mass is 10.2. The van der Waals surface area contributed by atoms with Gasteiger partial charge in [0.15, 0.2) is 5.69 Å². The molecule has 2 amide bonds. The Balaban J connectivity index is 1.99. The van der Waals surface area contributed by atoms with Crippen LogP contribution in [0.4, 0.5) is 0 Å². The van der Waals surface area contributed by atoms with Crippen molar-refractivity contribution in [1.82, 2.24) is 20.8 Å². The monoisotopic (exact) mass is 246 g/mol. The molecule has 94 valence electrons. The zero-order chi connectivity index (χ0) is 13.0. The van der Waals surface area contributed by atoms with E-state index in [1.807, 2.05) is 24.3 Å². The van der Waals surface area contributed by atoms with Gasteiger partial charge in [0, 0.05) is 25.4 Å². The third-order valence-corrected chi connectivity index (χ3v) is 2.47. The van der Waals surface area contributed by atoms with E-state index in [9.17, 15) is 9.59 Å². The third kappa shape index (κ3) is 2.65. The molecule has 0 saturated heterocycles. The van der Waals surface area contributed by atoms with Gasteiger partial charge in [-0.15, -0.1) is 0 Å². The smallest absolute Gasteiger partial charge is 0.272 e. The number of hydrogen-bond acceptors (Lipinski definition) is 3. The summed E-state index contributed by atoms with van der Waals surface area (Å²) in [4.78, 5) is 22.5. The lowest BCUT2D eigenvalue weighted by Crippen LogP contribution is -2.33. The van der Waals surface area contributed by atoms with Crippen LogP contribution in [0.1, 0.15) is 17.4 Å². The molecule has 2 aromatic rings. The maximum Gasteiger partial charge on any atom is 0.272 e. The summed E-state index contributed by atoms with van der Waals surface area (Å²) in [5, 5.41) is 12.9. The highest BCUT2D eigenvalue weighted by molar-refractivity contribution is 6.04. The molecule has 3 N–H and O–H groups in total. The van der Waals surface area contributed by atoms with Crippen LogP contribution in [-0.2, 0) is 4.79 Å². The lowest BCUT2D eigenvalue weighted by molar-refractivity contribution is -0.118. The Morgan fingerprint density at radius 2 is 1.94 bits per heavy atom. The molecule has 18 heavy (non-hydrogen) atoms. The molecule has 0 saturated carbocycles. The van der Waals surface area contributed by atoms with Crippen LogP contribution in [0.15, 0.2) is 24.3 Å². The molecule has 0 aliphatic carbocycles. The minimum absolute atomic E-state index is 0.116. The summed E-state index contributed by atoms with van der Waals surface area (Å²) < 4.78 is 0. The Hall–Kier alpha value is -2.37. The Bertz CT molecular complexity index is 576. The van der Waals surface area contributed by atoms with E-state index in [0.717, 1.165) is 10.9 Å². The van der Waals surface area contributed by atoms with Crippen molar-refractivity contribution in [3.8, 4) is 0 Å². The summed E-state index contributed by atoms with van der Waals surface area (Å²) in [6, 6.07) is 7.42. The molecule has 0 aliphatic rings. The highest BCUT2D eigenvalue weighted by Crippen LogP contribution is 2.14. The molecule has 0 atom stereocenters. The summed E-state index contributed by atoms with van der Waals surface area (Å²) in [5.41, 5.74) is 1.19. The molecular weight excluding hydrogens is 232 g/mol. The van der Waals surface area contributed by atoms with Crippen LogP contribution in [0.2, 0.25) is 0 Å². The van der Waals surface area contributed by atoms with Gasteiger partial charge >= 0.3 is 0 Å². The van der Waals surface area contributed by atoms with E-state index in [1.54, 1.807) is 0 Å². The van der Waals surface area contributed by atoms with Crippen molar-refractivity contribution in [2.24, 2.45) is 0 Å². The quantitative estimate of drug-likeness (QED) is 0.684. The molecule has 1 aromatic heterocycles. The summed E-state index contributed by atoms with van der Waals surface area (Å²) in [5.74, 6) is -0.368. The van der Waals surface area contributed by atoms with Gasteiger partial charge in [-0.2, -0.15) is 5.10 Å². The average molecular weight is 246 g/mol. The Morgan fingerprint density at radius 1 is 1.22 bits per heavy atom. The maximum absolute atomic E-state index is 11.9. The van der Waals surface area contributed by atoms with Gasteiger partial charge in [-0.25, -0.2) is 0 Å². The van der Waals surface area contributed by atoms with E-state index in [1.165, 1.54) is 6.92 Å². The number of rotatable bonds is 4. The van der Waals surface area contributed by atoms with Crippen LogP contribution < -0.4 is 10.6 Å². The van der Waals surface area contributed by atoms with Crippen LogP contribution >= 0.6 is 0 Å². The van der Waals surface area contributed by atoms with Gasteiger partial charge in [0.05, 0.1) is 5.52 Å². The normalized spacial score (nSPS) is 10.3. The molecule has 0 radical (unpaired) electrons. The lowest BCUT2D eigenvalue weighted by Gasteiger charge is -2.03. The molecule has 1 aromatic carbocycles. The van der Waals surface area contributed by atoms with E-state index in [0.29, 0.717) is 18.8 Å². The topological polar surface area (TPSA) is 86.9 Å². The average Bonchev–Trinajstić information content (AvgIpc) is 2.78. The van der Waals surface area contributed by atoms with E-state index >= 15 is 0 Å². The fraction of sp³-hybridized carbons (Fsp3) is 0.250. The van der Waals surface area contributed by atoms with E-state index < -0.39 is 0 Å². The molecule has 0 spiro atoms. The summed E-state index contributed by atoms with van der Waals surface area (Å²) in [6.07, 6.45) is 0. The van der Waals surface area contributed by atoms with Gasteiger partial charge < -0.3 is 10.6 Å². The highest BCUT2D eigenvalue weighted by Gasteiger charge is 2.12. The first-order chi connectivity index (χ1) is 8.68. The molecule has 1 heterocycles. The second-order valence-electron chi connectivity index (χ2n) is 3.86. The highest BCUT2D eigenvalue weighted by atomic mass is 16.2. The number of aromatic amines is 1. The number of carbonyl (C=O) groups is 2. The number of aromatic nitrogens is 2. The number of H-pyrrole nitrogens is 1. The zero-order valence-corrected chi connectivity index (χ0v) is 9.99. The maximum atomic E-state index is 11.9. The molecule has 0 unspecified atom stereocenters. The van der Waals surface area contributed by atoms with Crippen molar-refractivity contribution in [2.75, 3.05) is 13.1 Å². The van der Waals surface area contributed by atoms with Crippen molar-refractivity contribution in [1.29, 1.82) is 0 Å². The van der Waals surface area contributed by atoms with Gasteiger partial charge in [0.25, 0.3) is 5.91 Å². The fourth-order valence-corrected chi connectivity index (χ4v) is 1.63. The first-order valence-electron chi connectivity index (χ1n) is 5.64. The predicted molar refractivity (Wildman–Crippen MR) is 67.1 cm³/mol. The second kappa shape index (κ2) is 5.31. The fourth-order valence-electron chi connectivity index (χ4n) is 1.63. The van der Waals surface area contributed by atoms with Crippen LogP contribution in [0, 0.1) is 0 Å². The summed E-state index contributed by atoms with van der Waals surface area (Å²) in [6.45, 7) is 2.21. The molecular formula is C12H14N4O2. The van der Waals surface area contributed by atoms with Gasteiger partial charge in [0.1, 0.15) is 0 Å². The number of para-hydroxylation sites is 1. The van der Waals surface area contributed by atoms with Crippen molar-refractivity contribution in [3.05, 3.63) is 30.0 Å². The first kappa shape index (κ1) is 12.1. The Labute approximate surface area is 104 Å². The first-order valence-corrected chi connectivity index (χ1v) is 5.64. The van der Waals surface area contributed by atoms with Crippen molar-refractivity contribution in [3.63, 3.8) is 0 Å². The zero-order valence-electron chi connectivity index (χ0n) is 9.99. The largest absolute Gasteiger partial charge is 0.355 e. The number of hydrogen-bond donors (Lipinski definition) is 3. The van der Waals surface area contributed by atoms with E-state index in [2.05, 4.69) is 20.8 Å². The number of carbonyl (C=O) groups excluding carboxylic acids is 2. The molecule has 2 rings (SSSR count). The summed E-state index contributed by atoms with van der Waals surface area (Å²) >= 11 is 0. The molecule has 6 heteroatoms. The number of amides is 2. The van der Waals surface area contributed by atoms with Crippen molar-refractivity contribution < 1.29 is 9.59 Å². The minimum Gasteiger partial charge on any atom is -0.355 e. The van der Waals surface area contributed by atoms with Crippen LogP contribution in [-0.4, -0.2) is 35.1 Å². The van der Waals surface area contributed by atoms with E-state index in [-0.39, 0.29) is 11.8 Å². The third-order valence-electron chi connectivity index (χ3n) is 2.47. The van der Waals surface area contributed by atoms with Gasteiger partial charge in [0.2, 0.25) is 5.91 Å². The molecule has 0 bridgehead atoms. The van der Waals surface area contributed by atoms with Gasteiger partial charge in [-0.05, 0) is 6.07 Å². The van der Waals surface area contributed by atoms with Crippen molar-refractivity contribution >= 4 is 22.7 Å². The molecule has 6 nitrogen and oxygen atoms in total. The number of fused-ring (bicyclic) bond motifs is 1. The number of benzene rings is 1. The van der Waals surface area contributed by atoms with Crippen LogP contribution in [0.25, 0.3) is 10.9 Å². The second-order valence-corrected chi connectivity index (χ2v) is 3.86. The van der Waals surface area contributed by atoms with Crippen LogP contribution in [0.5, 0.6) is 0 Å². The van der Waals surface area contributed by atoms with E-state index in [4.69, 9.17) is 0 Å². The molecule has 0 fully saturated rings. The number of nitrogens with zero attached hydrogens (tertiary/aromatic N) is 1. The predicted octanol–water partition coefficient (Wildman–Crippen LogP) is 0.429. The van der Waals surface area contributed by atoms with Crippen molar-refractivity contribution in [2.45, 2.75) is 6.92 Å². The molecule has 0 aliphatic heterocycles. The van der Waals surface area contributed by atoms with Crippen LogP contribution in [0.3, 0.4) is 0 Å². The number of nitrogens with one attached hydrogen (secondary N) is 3. The minimum atomic E-state index is -0.252. The Morgan fingerprint density at radius 3 is 2.72 bits per heavy atom. The summed E-state index contributed by atoms with van der Waals surface area (Å²) in [7, 11) is 0. The van der Waals surface area contributed by atoms with Gasteiger partial charge in [-0.1, -0.05) is 18.2 Å². The Kier molecular flexibility index (Phi) is 3.57. The standard InChI is InChI=1S/C12H14N4O2/c1-8(17)13-6-7-14-12(18)11-9-4-2-3-5-10(9)15-16-11/h2-5H,6-7H2,1H3,(H,13,17)(H,14,18)(H,15,16).